The van der Waals surface area contributed by atoms with Gasteiger partial charge in [-0.3, -0.25) is 4.55 Å². The van der Waals surface area contributed by atoms with Gasteiger partial charge in [0.05, 0.1) is 6.61 Å². The zero-order valence-corrected chi connectivity index (χ0v) is 10.2. The van der Waals surface area contributed by atoms with Crippen molar-refractivity contribution in [2.45, 2.75) is 43.4 Å². The first-order valence-corrected chi connectivity index (χ1v) is 6.56. The Labute approximate surface area is 94.9 Å². The summed E-state index contributed by atoms with van der Waals surface area (Å²) < 4.78 is 35.0. The van der Waals surface area contributed by atoms with Gasteiger partial charge in [0.1, 0.15) is 10.3 Å². The molecule has 0 aromatic carbocycles. The predicted molar refractivity (Wildman–Crippen MR) is 57.4 cm³/mol. The van der Waals surface area contributed by atoms with Gasteiger partial charge in [0.2, 0.25) is 0 Å². The van der Waals surface area contributed by atoms with E-state index in [0.717, 1.165) is 0 Å². The summed E-state index contributed by atoms with van der Waals surface area (Å²) in [6, 6.07) is 0. The maximum atomic E-state index is 11.7. The maximum absolute atomic E-state index is 11.7. The van der Waals surface area contributed by atoms with Crippen molar-refractivity contribution < 1.29 is 22.5 Å². The van der Waals surface area contributed by atoms with Crippen LogP contribution >= 0.6 is 0 Å². The molecule has 0 amide bonds. The lowest BCUT2D eigenvalue weighted by Crippen LogP contribution is -2.64. The lowest BCUT2D eigenvalue weighted by molar-refractivity contribution is -0.150. The molecule has 0 saturated heterocycles. The van der Waals surface area contributed by atoms with E-state index in [9.17, 15) is 17.8 Å². The van der Waals surface area contributed by atoms with Crippen LogP contribution in [0.1, 0.15) is 33.1 Å². The molecular formula is C9H17NO5S. The smallest absolute Gasteiger partial charge is 0.327 e. The molecule has 7 heteroatoms. The van der Waals surface area contributed by atoms with E-state index >= 15 is 0 Å². The van der Waals surface area contributed by atoms with Gasteiger partial charge in [0, 0.05) is 0 Å². The number of ether oxygens (including phenoxy) is 1. The van der Waals surface area contributed by atoms with Crippen molar-refractivity contribution in [1.29, 1.82) is 0 Å². The van der Waals surface area contributed by atoms with E-state index in [4.69, 9.17) is 10.5 Å². The number of rotatable bonds is 3. The number of nitrogens with two attached hydrogens (primary N) is 1. The second kappa shape index (κ2) is 3.97. The Kier molecular flexibility index (Phi) is 3.33. The van der Waals surface area contributed by atoms with Crippen LogP contribution in [-0.2, 0) is 19.6 Å². The number of hydrogen-bond acceptors (Lipinski definition) is 5. The van der Waals surface area contributed by atoms with E-state index in [-0.39, 0.29) is 19.4 Å². The van der Waals surface area contributed by atoms with Gasteiger partial charge in [-0.15, -0.1) is 0 Å². The van der Waals surface area contributed by atoms with Crippen molar-refractivity contribution in [3.05, 3.63) is 0 Å². The van der Waals surface area contributed by atoms with Crippen molar-refractivity contribution >= 4 is 16.1 Å². The molecule has 94 valence electrons. The fourth-order valence-electron chi connectivity index (χ4n) is 2.13. The normalized spacial score (nSPS) is 35.0. The number of carbonyl (C=O) groups is 1. The van der Waals surface area contributed by atoms with Crippen molar-refractivity contribution in [3.63, 3.8) is 0 Å². The Balaban J connectivity index is 3.17. The van der Waals surface area contributed by atoms with Crippen LogP contribution in [0.25, 0.3) is 0 Å². The van der Waals surface area contributed by atoms with Gasteiger partial charge in [-0.2, -0.15) is 8.42 Å². The van der Waals surface area contributed by atoms with Gasteiger partial charge < -0.3 is 10.5 Å². The first kappa shape index (κ1) is 13.4. The van der Waals surface area contributed by atoms with Crippen LogP contribution in [0.15, 0.2) is 0 Å². The largest absolute Gasteiger partial charge is 0.465 e. The summed E-state index contributed by atoms with van der Waals surface area (Å²) in [6.07, 6.45) is 0.814. The summed E-state index contributed by atoms with van der Waals surface area (Å²) in [7, 11) is -4.40. The zero-order chi connectivity index (χ0) is 12.6. The first-order chi connectivity index (χ1) is 7.19. The zero-order valence-electron chi connectivity index (χ0n) is 9.39. The second-order valence-corrected chi connectivity index (χ2v) is 6.10. The van der Waals surface area contributed by atoms with E-state index in [1.165, 1.54) is 6.92 Å². The fourth-order valence-corrected chi connectivity index (χ4v) is 3.18. The molecular weight excluding hydrogens is 234 g/mol. The van der Waals surface area contributed by atoms with Crippen molar-refractivity contribution in [2.24, 2.45) is 5.73 Å². The molecule has 0 aromatic heterocycles. The summed E-state index contributed by atoms with van der Waals surface area (Å²) >= 11 is 0. The molecule has 0 aliphatic heterocycles. The van der Waals surface area contributed by atoms with Crippen LogP contribution in [0.4, 0.5) is 0 Å². The highest BCUT2D eigenvalue weighted by atomic mass is 32.2. The van der Waals surface area contributed by atoms with E-state index in [2.05, 4.69) is 0 Å². The molecule has 1 rings (SSSR count). The summed E-state index contributed by atoms with van der Waals surface area (Å²) in [5.74, 6) is -0.771. The molecule has 2 unspecified atom stereocenters. The summed E-state index contributed by atoms with van der Waals surface area (Å²) in [4.78, 5) is 11.7. The monoisotopic (exact) mass is 251 g/mol. The topological polar surface area (TPSA) is 107 Å². The highest BCUT2D eigenvalue weighted by Crippen LogP contribution is 2.43. The minimum absolute atomic E-state index is 0.124. The van der Waals surface area contributed by atoms with Crippen LogP contribution in [0.5, 0.6) is 0 Å². The molecule has 6 nitrogen and oxygen atoms in total. The first-order valence-electron chi connectivity index (χ1n) is 5.12. The van der Waals surface area contributed by atoms with Crippen LogP contribution < -0.4 is 5.73 Å². The summed E-state index contributed by atoms with van der Waals surface area (Å²) in [5, 5.41) is 0. The Bertz CT molecular complexity index is 393. The molecule has 1 fully saturated rings. The Morgan fingerprint density at radius 2 is 2.06 bits per heavy atom. The van der Waals surface area contributed by atoms with E-state index in [0.29, 0.717) is 6.42 Å². The van der Waals surface area contributed by atoms with Crippen LogP contribution in [-0.4, -0.2) is 35.8 Å². The molecule has 1 aliphatic rings. The highest BCUT2D eigenvalue weighted by molar-refractivity contribution is 7.87. The standard InChI is InChI=1S/C9H17NO5S/c1-3-15-7(11)9(10)6-4-5-8(9,2)16(12,13)14/h3-6,10H2,1-2H3,(H,12,13,14). The third-order valence-electron chi connectivity index (χ3n) is 3.38. The van der Waals surface area contributed by atoms with Crippen LogP contribution in [0, 0.1) is 0 Å². The highest BCUT2D eigenvalue weighted by Gasteiger charge is 2.62. The van der Waals surface area contributed by atoms with Gasteiger partial charge in [-0.25, -0.2) is 4.79 Å². The van der Waals surface area contributed by atoms with Crippen molar-refractivity contribution in [3.8, 4) is 0 Å². The van der Waals surface area contributed by atoms with E-state index in [1.807, 2.05) is 0 Å². The molecule has 0 aromatic rings. The molecule has 0 spiro atoms. The van der Waals surface area contributed by atoms with E-state index < -0.39 is 26.4 Å². The lowest BCUT2D eigenvalue weighted by Gasteiger charge is -2.35. The minimum atomic E-state index is -4.40. The molecule has 0 radical (unpaired) electrons. The number of carbonyl (C=O) groups excluding carboxylic acids is 1. The quantitative estimate of drug-likeness (QED) is 0.543. The van der Waals surface area contributed by atoms with Crippen LogP contribution in [0.2, 0.25) is 0 Å². The molecule has 3 N–H and O–H groups in total. The summed E-state index contributed by atoms with van der Waals surface area (Å²) in [5.41, 5.74) is 4.18. The fraction of sp³-hybridized carbons (Fsp3) is 0.889. The molecule has 16 heavy (non-hydrogen) atoms. The third kappa shape index (κ3) is 1.72. The Hall–Kier alpha value is -0.660. The Morgan fingerprint density at radius 3 is 2.50 bits per heavy atom. The minimum Gasteiger partial charge on any atom is -0.465 e. The average Bonchev–Trinajstić information content (AvgIpc) is 2.45. The third-order valence-corrected chi connectivity index (χ3v) is 5.08. The van der Waals surface area contributed by atoms with Crippen LogP contribution in [0.3, 0.4) is 0 Å². The number of hydrogen-bond donors (Lipinski definition) is 2. The Morgan fingerprint density at radius 1 is 1.50 bits per heavy atom. The van der Waals surface area contributed by atoms with Gasteiger partial charge in [0.25, 0.3) is 10.1 Å². The lowest BCUT2D eigenvalue weighted by atomic mass is 9.88. The average molecular weight is 251 g/mol. The van der Waals surface area contributed by atoms with Crippen molar-refractivity contribution in [2.75, 3.05) is 6.61 Å². The van der Waals surface area contributed by atoms with Gasteiger partial charge in [0.15, 0.2) is 0 Å². The number of esters is 1. The van der Waals surface area contributed by atoms with Gasteiger partial charge in [-0.1, -0.05) is 0 Å². The molecule has 0 heterocycles. The molecule has 1 aliphatic carbocycles. The van der Waals surface area contributed by atoms with Crippen molar-refractivity contribution in [1.82, 2.24) is 0 Å². The van der Waals surface area contributed by atoms with Gasteiger partial charge in [-0.05, 0) is 33.1 Å². The van der Waals surface area contributed by atoms with Gasteiger partial charge >= 0.3 is 5.97 Å². The predicted octanol–water partition coefficient (Wildman–Crippen LogP) is 0.0774. The SMILES string of the molecule is CCOC(=O)C1(N)CCCC1(C)S(=O)(=O)O. The molecule has 2 atom stereocenters. The van der Waals surface area contributed by atoms with E-state index in [1.54, 1.807) is 6.92 Å². The maximum Gasteiger partial charge on any atom is 0.327 e. The second-order valence-electron chi connectivity index (χ2n) is 4.25. The summed E-state index contributed by atoms with van der Waals surface area (Å²) in [6.45, 7) is 3.02. The molecule has 0 bridgehead atoms. The molecule has 1 saturated carbocycles.